The summed E-state index contributed by atoms with van der Waals surface area (Å²) in [5, 5.41) is 9.67. The van der Waals surface area contributed by atoms with Gasteiger partial charge in [0.05, 0.1) is 4.83 Å². The highest BCUT2D eigenvalue weighted by molar-refractivity contribution is 9.10. The molecule has 2 saturated carbocycles. The van der Waals surface area contributed by atoms with E-state index in [9.17, 15) is 9.90 Å². The van der Waals surface area contributed by atoms with E-state index in [-0.39, 0.29) is 10.2 Å². The smallest absolute Gasteiger partial charge is 0.152 e. The summed E-state index contributed by atoms with van der Waals surface area (Å²) in [5.41, 5.74) is 3.90. The molecule has 1 aromatic rings. The van der Waals surface area contributed by atoms with Gasteiger partial charge in [0.1, 0.15) is 5.75 Å². The molecular weight excluding hydrogens is 328 g/mol. The number of Topliss-reactive ketones (excluding diaryl/α,β-unsaturated/α-hetero) is 1. The standard InChI is InChI=1S/C18H19BrO2/c1-18-7-6-13-12-5-3-11(20)8-10(12)2-4-14(13)15(18)9-16(19)17(18)21/h3-5,8,13,15-16,20H,2,6-7,9H2,1H3/t13-,15+,16+,18+/m1/s1. The van der Waals surface area contributed by atoms with E-state index in [2.05, 4.69) is 35.0 Å². The molecule has 3 aliphatic rings. The molecule has 0 heterocycles. The van der Waals surface area contributed by atoms with Crippen molar-refractivity contribution in [1.29, 1.82) is 0 Å². The maximum Gasteiger partial charge on any atom is 0.152 e. The number of alkyl halides is 1. The SMILES string of the molecule is C[C@]12CC[C@H]3C(=CCc4cc(O)ccc43)[C@@H]1C[C@H](Br)C2=O. The first-order chi connectivity index (χ1) is 10.0. The minimum absolute atomic E-state index is 0.0216. The summed E-state index contributed by atoms with van der Waals surface area (Å²) >= 11 is 3.58. The Balaban J connectivity index is 1.77. The quantitative estimate of drug-likeness (QED) is 0.566. The van der Waals surface area contributed by atoms with Crippen LogP contribution in [0.25, 0.3) is 0 Å². The van der Waals surface area contributed by atoms with E-state index in [0.29, 0.717) is 23.4 Å². The molecule has 0 unspecified atom stereocenters. The van der Waals surface area contributed by atoms with Crippen molar-refractivity contribution >= 4 is 21.7 Å². The molecule has 110 valence electrons. The Morgan fingerprint density at radius 3 is 3.00 bits per heavy atom. The van der Waals surface area contributed by atoms with Gasteiger partial charge in [-0.2, -0.15) is 0 Å². The minimum Gasteiger partial charge on any atom is -0.508 e. The van der Waals surface area contributed by atoms with Gasteiger partial charge >= 0.3 is 0 Å². The van der Waals surface area contributed by atoms with Crippen LogP contribution in [-0.4, -0.2) is 15.7 Å². The van der Waals surface area contributed by atoms with Crippen LogP contribution in [0.3, 0.4) is 0 Å². The zero-order valence-corrected chi connectivity index (χ0v) is 13.7. The number of hydrogen-bond acceptors (Lipinski definition) is 2. The van der Waals surface area contributed by atoms with Gasteiger partial charge in [-0.15, -0.1) is 0 Å². The summed E-state index contributed by atoms with van der Waals surface area (Å²) in [4.78, 5) is 12.5. The predicted molar refractivity (Wildman–Crippen MR) is 85.8 cm³/mol. The van der Waals surface area contributed by atoms with Gasteiger partial charge in [-0.1, -0.05) is 40.6 Å². The number of rotatable bonds is 0. The Bertz CT molecular complexity index is 663. The van der Waals surface area contributed by atoms with Crippen LogP contribution in [0.5, 0.6) is 5.75 Å². The lowest BCUT2D eigenvalue weighted by Crippen LogP contribution is -2.37. The van der Waals surface area contributed by atoms with Crippen molar-refractivity contribution in [1.82, 2.24) is 0 Å². The zero-order valence-electron chi connectivity index (χ0n) is 12.1. The third kappa shape index (κ3) is 1.79. The first kappa shape index (κ1) is 13.6. The van der Waals surface area contributed by atoms with Gasteiger partial charge in [0.2, 0.25) is 0 Å². The Morgan fingerprint density at radius 1 is 1.38 bits per heavy atom. The maximum absolute atomic E-state index is 12.5. The van der Waals surface area contributed by atoms with Crippen molar-refractivity contribution in [3.63, 3.8) is 0 Å². The van der Waals surface area contributed by atoms with Gasteiger partial charge in [0, 0.05) is 11.3 Å². The number of halogens is 1. The Morgan fingerprint density at radius 2 is 2.19 bits per heavy atom. The molecule has 0 aromatic heterocycles. The summed E-state index contributed by atoms with van der Waals surface area (Å²) < 4.78 is 0. The second-order valence-electron chi connectivity index (χ2n) is 6.92. The van der Waals surface area contributed by atoms with Crippen molar-refractivity contribution in [3.8, 4) is 5.75 Å². The number of carbonyl (C=O) groups is 1. The summed E-state index contributed by atoms with van der Waals surface area (Å²) in [6.45, 7) is 2.16. The summed E-state index contributed by atoms with van der Waals surface area (Å²) in [7, 11) is 0. The van der Waals surface area contributed by atoms with E-state index in [1.54, 1.807) is 6.07 Å². The van der Waals surface area contributed by atoms with Gasteiger partial charge in [0.25, 0.3) is 0 Å². The van der Waals surface area contributed by atoms with E-state index in [1.165, 1.54) is 16.7 Å². The highest BCUT2D eigenvalue weighted by Gasteiger charge is 2.55. The molecule has 21 heavy (non-hydrogen) atoms. The first-order valence-corrected chi connectivity index (χ1v) is 8.62. The Labute approximate surface area is 133 Å². The van der Waals surface area contributed by atoms with Crippen LogP contribution in [0.4, 0.5) is 0 Å². The molecule has 0 spiro atoms. The van der Waals surface area contributed by atoms with E-state index in [4.69, 9.17) is 0 Å². The van der Waals surface area contributed by atoms with Crippen LogP contribution in [0.1, 0.15) is 43.2 Å². The lowest BCUT2D eigenvalue weighted by atomic mass is 9.60. The topological polar surface area (TPSA) is 37.3 Å². The second-order valence-corrected chi connectivity index (χ2v) is 8.03. The molecule has 4 rings (SSSR count). The lowest BCUT2D eigenvalue weighted by Gasteiger charge is -2.43. The van der Waals surface area contributed by atoms with Crippen molar-refractivity contribution in [2.45, 2.75) is 43.4 Å². The van der Waals surface area contributed by atoms with E-state index < -0.39 is 0 Å². The second kappa shape index (κ2) is 4.45. The number of ketones is 1. The van der Waals surface area contributed by atoms with Crippen molar-refractivity contribution in [2.75, 3.05) is 0 Å². The molecule has 1 N–H and O–H groups in total. The molecule has 0 amide bonds. The van der Waals surface area contributed by atoms with Gasteiger partial charge in [0.15, 0.2) is 5.78 Å². The number of phenols is 1. The highest BCUT2D eigenvalue weighted by atomic mass is 79.9. The number of carbonyl (C=O) groups excluding carboxylic acids is 1. The number of phenolic OH excluding ortho intramolecular Hbond substituents is 1. The molecular formula is C18H19BrO2. The number of hydrogen-bond donors (Lipinski definition) is 1. The van der Waals surface area contributed by atoms with Crippen LogP contribution in [0.2, 0.25) is 0 Å². The maximum atomic E-state index is 12.5. The molecule has 0 aliphatic heterocycles. The average Bonchev–Trinajstić information content (AvgIpc) is 2.70. The first-order valence-electron chi connectivity index (χ1n) is 7.71. The number of benzene rings is 1. The largest absolute Gasteiger partial charge is 0.508 e. The van der Waals surface area contributed by atoms with Gasteiger partial charge in [-0.05, 0) is 54.9 Å². The molecule has 0 radical (unpaired) electrons. The summed E-state index contributed by atoms with van der Waals surface area (Å²) in [6, 6.07) is 5.76. The molecule has 3 aliphatic carbocycles. The van der Waals surface area contributed by atoms with Crippen LogP contribution < -0.4 is 0 Å². The van der Waals surface area contributed by atoms with E-state index >= 15 is 0 Å². The molecule has 2 fully saturated rings. The molecule has 3 heteroatoms. The van der Waals surface area contributed by atoms with Crippen molar-refractivity contribution < 1.29 is 9.90 Å². The molecule has 2 nitrogen and oxygen atoms in total. The van der Waals surface area contributed by atoms with Crippen LogP contribution >= 0.6 is 15.9 Å². The molecule has 0 saturated heterocycles. The number of aromatic hydroxyl groups is 1. The number of allylic oxidation sites excluding steroid dienone is 2. The fourth-order valence-corrected chi connectivity index (χ4v) is 5.61. The van der Waals surface area contributed by atoms with Crippen LogP contribution in [0, 0.1) is 11.3 Å². The fraction of sp³-hybridized carbons (Fsp3) is 0.500. The van der Waals surface area contributed by atoms with Crippen LogP contribution in [0.15, 0.2) is 29.8 Å². The molecule has 1 aromatic carbocycles. The zero-order chi connectivity index (χ0) is 14.8. The lowest BCUT2D eigenvalue weighted by molar-refractivity contribution is -0.126. The Kier molecular flexibility index (Phi) is 2.88. The minimum atomic E-state index is -0.176. The Hall–Kier alpha value is -1.09. The van der Waals surface area contributed by atoms with E-state index in [0.717, 1.165) is 25.7 Å². The highest BCUT2D eigenvalue weighted by Crippen LogP contribution is 2.58. The normalized spacial score (nSPS) is 37.5. The fourth-order valence-electron chi connectivity index (χ4n) is 4.71. The third-order valence-corrected chi connectivity index (χ3v) is 6.67. The average molecular weight is 347 g/mol. The monoisotopic (exact) mass is 346 g/mol. The van der Waals surface area contributed by atoms with Gasteiger partial charge in [-0.3, -0.25) is 4.79 Å². The third-order valence-electron chi connectivity index (χ3n) is 5.88. The number of fused-ring (bicyclic) bond motifs is 5. The summed E-state index contributed by atoms with van der Waals surface area (Å²) in [6.07, 6.45) is 6.16. The van der Waals surface area contributed by atoms with Gasteiger partial charge in [-0.25, -0.2) is 0 Å². The van der Waals surface area contributed by atoms with Crippen molar-refractivity contribution in [2.24, 2.45) is 11.3 Å². The van der Waals surface area contributed by atoms with E-state index in [1.807, 2.05) is 6.07 Å². The van der Waals surface area contributed by atoms with Gasteiger partial charge < -0.3 is 5.11 Å². The molecule has 4 atom stereocenters. The van der Waals surface area contributed by atoms with Crippen LogP contribution in [-0.2, 0) is 11.2 Å². The summed E-state index contributed by atoms with van der Waals surface area (Å²) in [5.74, 6) is 1.57. The predicted octanol–water partition coefficient (Wildman–Crippen LogP) is 4.11. The molecule has 0 bridgehead atoms. The van der Waals surface area contributed by atoms with Crippen molar-refractivity contribution in [3.05, 3.63) is 41.0 Å².